The van der Waals surface area contributed by atoms with Gasteiger partial charge in [-0.05, 0) is 29.9 Å². The molecule has 0 aliphatic carbocycles. The second kappa shape index (κ2) is 4.65. The van der Waals surface area contributed by atoms with E-state index in [-0.39, 0.29) is 5.92 Å². The number of rotatable bonds is 3. The first-order chi connectivity index (χ1) is 6.27. The van der Waals surface area contributed by atoms with Crippen molar-refractivity contribution in [2.24, 2.45) is 4.99 Å². The van der Waals surface area contributed by atoms with Crippen molar-refractivity contribution in [3.8, 4) is 0 Å². The van der Waals surface area contributed by atoms with Crippen molar-refractivity contribution in [3.63, 3.8) is 0 Å². The average molecular weight is 190 g/mol. The van der Waals surface area contributed by atoms with Gasteiger partial charge in [-0.1, -0.05) is 19.1 Å². The molecule has 0 bridgehead atoms. The van der Waals surface area contributed by atoms with Crippen LogP contribution in [0.25, 0.3) is 0 Å². The van der Waals surface area contributed by atoms with Crippen molar-refractivity contribution in [2.45, 2.75) is 12.8 Å². The molecule has 0 amide bonds. The summed E-state index contributed by atoms with van der Waals surface area (Å²) in [5.41, 5.74) is 1.68. The van der Waals surface area contributed by atoms with Gasteiger partial charge < -0.3 is 0 Å². The Labute approximate surface area is 82.3 Å². The Balaban J connectivity index is 2.92. The number of aliphatic imine (C=N–C) groups is 1. The molecule has 65 valence electrons. The highest BCUT2D eigenvalue weighted by Gasteiger charge is 2.03. The maximum Gasteiger partial charge on any atom is 0.206 e. The van der Waals surface area contributed by atoms with Gasteiger partial charge in [0.2, 0.25) is 6.29 Å². The van der Waals surface area contributed by atoms with Crippen LogP contribution in [-0.2, 0) is 4.79 Å². The lowest BCUT2D eigenvalue weighted by Gasteiger charge is -2.01. The Hall–Kier alpha value is -1.31. The largest absolute Gasteiger partial charge is 0.290 e. The Morgan fingerprint density at radius 1 is 1.38 bits per heavy atom. The zero-order chi connectivity index (χ0) is 9.68. The van der Waals surface area contributed by atoms with Gasteiger partial charge in [0.15, 0.2) is 0 Å². The molecule has 0 N–H and O–H groups in total. The van der Waals surface area contributed by atoms with Crippen LogP contribution in [-0.4, -0.2) is 11.4 Å². The molecular formula is C10H8NOS. The number of nitrogens with zero attached hydrogens (tertiary/aromatic N) is 1. The third-order valence-corrected chi connectivity index (χ3v) is 1.84. The van der Waals surface area contributed by atoms with Crippen molar-refractivity contribution in [1.82, 2.24) is 0 Å². The predicted octanol–water partition coefficient (Wildman–Crippen LogP) is 2.63. The van der Waals surface area contributed by atoms with Gasteiger partial charge in [-0.15, -0.1) is 0 Å². The van der Waals surface area contributed by atoms with Crippen molar-refractivity contribution >= 4 is 29.4 Å². The third kappa shape index (κ3) is 2.58. The van der Waals surface area contributed by atoms with Crippen LogP contribution in [0.4, 0.5) is 5.69 Å². The fourth-order valence-corrected chi connectivity index (χ4v) is 1.06. The molecular weight excluding hydrogens is 182 g/mol. The molecule has 1 aromatic rings. The quantitative estimate of drug-likeness (QED) is 0.541. The molecule has 0 aromatic heterocycles. The summed E-state index contributed by atoms with van der Waals surface area (Å²) >= 11 is 4.46. The van der Waals surface area contributed by atoms with E-state index in [0.29, 0.717) is 0 Å². The number of hydrogen-bond acceptors (Lipinski definition) is 3. The van der Waals surface area contributed by atoms with Crippen molar-refractivity contribution in [2.75, 3.05) is 0 Å². The number of carbonyl (C=O) groups excluding carboxylic acids is 1. The Bertz CT molecular complexity index is 338. The second-order valence-corrected chi connectivity index (χ2v) is 2.82. The summed E-state index contributed by atoms with van der Waals surface area (Å²) < 4.78 is 0. The molecule has 0 aliphatic heterocycles. The molecule has 0 aliphatic rings. The molecule has 0 saturated heterocycles. The van der Waals surface area contributed by atoms with Crippen LogP contribution < -0.4 is 0 Å². The molecule has 1 aromatic carbocycles. The average Bonchev–Trinajstić information content (AvgIpc) is 2.18. The highest BCUT2D eigenvalue weighted by molar-refractivity contribution is 7.78. The van der Waals surface area contributed by atoms with Crippen LogP contribution in [0.2, 0.25) is 0 Å². The molecule has 0 heterocycles. The van der Waals surface area contributed by atoms with E-state index in [4.69, 9.17) is 0 Å². The summed E-state index contributed by atoms with van der Waals surface area (Å²) in [6.45, 7) is 1.80. The Morgan fingerprint density at radius 2 is 2.00 bits per heavy atom. The summed E-state index contributed by atoms with van der Waals surface area (Å²) in [5, 5.41) is 2.28. The number of thiocarbonyl (C=S) groups is 1. The normalized spacial score (nSPS) is 11.5. The van der Waals surface area contributed by atoms with Gasteiger partial charge in [0.05, 0.1) is 10.8 Å². The fourth-order valence-electron chi connectivity index (χ4n) is 0.958. The van der Waals surface area contributed by atoms with Crippen LogP contribution in [0.5, 0.6) is 0 Å². The zero-order valence-electron chi connectivity index (χ0n) is 7.15. The van der Waals surface area contributed by atoms with E-state index in [2.05, 4.69) is 22.4 Å². The van der Waals surface area contributed by atoms with E-state index in [1.807, 2.05) is 18.4 Å². The lowest BCUT2D eigenvalue weighted by Crippen LogP contribution is -1.92. The lowest BCUT2D eigenvalue weighted by atomic mass is 10.0. The summed E-state index contributed by atoms with van der Waals surface area (Å²) in [5.74, 6) is -0.189. The van der Waals surface area contributed by atoms with Gasteiger partial charge in [0, 0.05) is 5.92 Å². The highest BCUT2D eigenvalue weighted by Crippen LogP contribution is 2.17. The Morgan fingerprint density at radius 3 is 2.46 bits per heavy atom. The highest BCUT2D eigenvalue weighted by atomic mass is 32.1. The van der Waals surface area contributed by atoms with Crippen LogP contribution in [0.3, 0.4) is 0 Å². The first kappa shape index (κ1) is 9.78. The molecule has 1 rings (SSSR count). The van der Waals surface area contributed by atoms with Gasteiger partial charge in [0.1, 0.15) is 0 Å². The molecule has 13 heavy (non-hydrogen) atoms. The maximum absolute atomic E-state index is 10.3. The SMILES string of the molecule is CC([C]=O)c1ccc(N=C=S)cc1. The first-order valence-corrected chi connectivity index (χ1v) is 4.24. The minimum atomic E-state index is -0.189. The van der Waals surface area contributed by atoms with Crippen molar-refractivity contribution < 1.29 is 4.79 Å². The molecule has 2 nitrogen and oxygen atoms in total. The summed E-state index contributed by atoms with van der Waals surface area (Å²) in [6.07, 6.45) is 1.92. The van der Waals surface area contributed by atoms with Gasteiger partial charge in [-0.25, -0.2) is 0 Å². The van der Waals surface area contributed by atoms with E-state index in [1.54, 1.807) is 19.1 Å². The molecule has 1 atom stereocenters. The van der Waals surface area contributed by atoms with Gasteiger partial charge in [0.25, 0.3) is 0 Å². The summed E-state index contributed by atoms with van der Waals surface area (Å²) in [4.78, 5) is 14.1. The zero-order valence-corrected chi connectivity index (χ0v) is 7.97. The van der Waals surface area contributed by atoms with Crippen LogP contribution >= 0.6 is 12.2 Å². The molecule has 0 spiro atoms. The maximum atomic E-state index is 10.3. The topological polar surface area (TPSA) is 29.4 Å². The molecule has 0 fully saturated rings. The van der Waals surface area contributed by atoms with Crippen LogP contribution in [0, 0.1) is 0 Å². The third-order valence-electron chi connectivity index (χ3n) is 1.74. The minimum Gasteiger partial charge on any atom is -0.290 e. The van der Waals surface area contributed by atoms with Crippen molar-refractivity contribution in [1.29, 1.82) is 0 Å². The number of isothiocyanates is 1. The predicted molar refractivity (Wildman–Crippen MR) is 55.2 cm³/mol. The van der Waals surface area contributed by atoms with Gasteiger partial charge in [-0.3, -0.25) is 4.79 Å². The van der Waals surface area contributed by atoms with E-state index in [9.17, 15) is 4.79 Å². The first-order valence-electron chi connectivity index (χ1n) is 3.83. The molecule has 1 radical (unpaired) electrons. The van der Waals surface area contributed by atoms with E-state index in [1.165, 1.54) is 0 Å². The number of hydrogen-bond donors (Lipinski definition) is 0. The van der Waals surface area contributed by atoms with Crippen LogP contribution in [0.15, 0.2) is 29.3 Å². The van der Waals surface area contributed by atoms with E-state index in [0.717, 1.165) is 11.3 Å². The van der Waals surface area contributed by atoms with Crippen LogP contribution in [0.1, 0.15) is 18.4 Å². The molecule has 0 saturated carbocycles. The van der Waals surface area contributed by atoms with Crippen molar-refractivity contribution in [3.05, 3.63) is 29.8 Å². The summed E-state index contributed by atoms with van der Waals surface area (Å²) in [7, 11) is 0. The standard InChI is InChI=1S/C10H8NOS/c1-8(6-12)9-2-4-10(5-3-9)11-7-13/h2-5,8H,1H3. The number of benzene rings is 1. The molecule has 3 heteroatoms. The van der Waals surface area contributed by atoms with E-state index < -0.39 is 0 Å². The lowest BCUT2D eigenvalue weighted by molar-refractivity contribution is 0.546. The van der Waals surface area contributed by atoms with Gasteiger partial charge in [-0.2, -0.15) is 4.99 Å². The molecule has 1 unspecified atom stereocenters. The second-order valence-electron chi connectivity index (χ2n) is 2.63. The minimum absolute atomic E-state index is 0.189. The van der Waals surface area contributed by atoms with Gasteiger partial charge >= 0.3 is 0 Å². The smallest absolute Gasteiger partial charge is 0.206 e. The fraction of sp³-hybridized carbons (Fsp3) is 0.200. The Kier molecular flexibility index (Phi) is 3.50. The summed E-state index contributed by atoms with van der Waals surface area (Å²) in [6, 6.07) is 7.26. The monoisotopic (exact) mass is 190 g/mol. The van der Waals surface area contributed by atoms with E-state index >= 15 is 0 Å².